The van der Waals surface area contributed by atoms with Gasteiger partial charge in [-0.3, -0.25) is 0 Å². The number of halogens is 3. The molecule has 1 heterocycles. The molecule has 7 heteroatoms. The highest BCUT2D eigenvalue weighted by molar-refractivity contribution is 7.15. The predicted octanol–water partition coefficient (Wildman–Crippen LogP) is 5.20. The second-order valence-corrected chi connectivity index (χ2v) is 7.37. The average Bonchev–Trinajstić information content (AvgIpc) is 3.11. The second-order valence-electron chi connectivity index (χ2n) is 6.28. The van der Waals surface area contributed by atoms with Gasteiger partial charge in [-0.05, 0) is 30.5 Å². The molecule has 0 radical (unpaired) electrons. The fourth-order valence-electron chi connectivity index (χ4n) is 2.75. The molecule has 148 valence electrons. The summed E-state index contributed by atoms with van der Waals surface area (Å²) in [5.41, 5.74) is 1.91. The first kappa shape index (κ1) is 20.5. The van der Waals surface area contributed by atoms with Crippen molar-refractivity contribution < 1.29 is 23.0 Å². The van der Waals surface area contributed by atoms with Gasteiger partial charge in [-0.15, -0.1) is 11.3 Å². The van der Waals surface area contributed by atoms with Gasteiger partial charge in [-0.2, -0.15) is 13.2 Å². The van der Waals surface area contributed by atoms with Crippen LogP contribution < -0.4 is 0 Å². The summed E-state index contributed by atoms with van der Waals surface area (Å²) in [7, 11) is 0. The summed E-state index contributed by atoms with van der Waals surface area (Å²) in [6, 6.07) is 14.9. The van der Waals surface area contributed by atoms with Gasteiger partial charge in [0.1, 0.15) is 9.88 Å². The number of ether oxygens (including phenoxy) is 1. The quantitative estimate of drug-likeness (QED) is 0.380. The van der Waals surface area contributed by atoms with Crippen LogP contribution in [0.1, 0.15) is 28.1 Å². The van der Waals surface area contributed by atoms with Crippen molar-refractivity contribution in [2.45, 2.75) is 32.2 Å². The third-order valence-corrected chi connectivity index (χ3v) is 5.36. The molecule has 0 atom stereocenters. The van der Waals surface area contributed by atoms with Crippen LogP contribution in [-0.4, -0.2) is 16.7 Å². The van der Waals surface area contributed by atoms with Crippen molar-refractivity contribution in [3.8, 4) is 10.6 Å². The van der Waals surface area contributed by atoms with E-state index in [9.17, 15) is 13.2 Å². The standard InChI is InChI=1S/C21H20F3NO2S/c22-21(23,24)17-10-8-16(9-11-17)20-25-18(19(13-26)28-20)7-4-12-27-14-15-5-2-1-3-6-15/h1-3,5-6,8-11,26H,4,7,12-14H2/p+1. The highest BCUT2D eigenvalue weighted by atomic mass is 32.1. The van der Waals surface area contributed by atoms with Gasteiger partial charge in [0.15, 0.2) is 6.61 Å². The largest absolute Gasteiger partial charge is 0.441 e. The molecule has 3 rings (SSSR count). The van der Waals surface area contributed by atoms with Crippen molar-refractivity contribution in [3.05, 3.63) is 76.3 Å². The summed E-state index contributed by atoms with van der Waals surface area (Å²) in [6.07, 6.45) is -2.89. The summed E-state index contributed by atoms with van der Waals surface area (Å²) in [5, 5.41) is 8.34. The number of hydrogen-bond acceptors (Lipinski definition) is 3. The Hall–Kier alpha value is -2.22. The maximum Gasteiger partial charge on any atom is 0.416 e. The number of aromatic nitrogens is 1. The van der Waals surface area contributed by atoms with E-state index in [1.54, 1.807) is 0 Å². The van der Waals surface area contributed by atoms with Crippen molar-refractivity contribution in [3.63, 3.8) is 0 Å². The van der Waals surface area contributed by atoms with Crippen molar-refractivity contribution in [1.82, 2.24) is 4.98 Å². The van der Waals surface area contributed by atoms with Gasteiger partial charge in [0, 0.05) is 12.2 Å². The summed E-state index contributed by atoms with van der Waals surface area (Å²) in [4.78, 5) is 5.41. The van der Waals surface area contributed by atoms with Crippen molar-refractivity contribution in [1.29, 1.82) is 0 Å². The van der Waals surface area contributed by atoms with Gasteiger partial charge in [0.05, 0.1) is 17.9 Å². The molecule has 0 amide bonds. The molecule has 0 saturated carbocycles. The molecule has 0 aliphatic heterocycles. The van der Waals surface area contributed by atoms with Gasteiger partial charge in [0.25, 0.3) is 0 Å². The van der Waals surface area contributed by atoms with Gasteiger partial charge in [0.2, 0.25) is 0 Å². The minimum Gasteiger partial charge on any atom is -0.441 e. The molecule has 0 saturated heterocycles. The number of benzene rings is 2. The van der Waals surface area contributed by atoms with E-state index < -0.39 is 11.7 Å². The monoisotopic (exact) mass is 408 g/mol. The summed E-state index contributed by atoms with van der Waals surface area (Å²) in [6.45, 7) is 1.25. The molecule has 0 spiro atoms. The van der Waals surface area contributed by atoms with Crippen LogP contribution in [0.25, 0.3) is 10.6 Å². The molecule has 28 heavy (non-hydrogen) atoms. The van der Waals surface area contributed by atoms with E-state index in [2.05, 4.69) is 4.98 Å². The Morgan fingerprint density at radius 3 is 2.36 bits per heavy atom. The Morgan fingerprint density at radius 2 is 1.71 bits per heavy atom. The van der Waals surface area contributed by atoms with Crippen LogP contribution in [-0.2, 0) is 30.5 Å². The highest BCUT2D eigenvalue weighted by Crippen LogP contribution is 2.33. The minimum atomic E-state index is -4.35. The first-order valence-corrected chi connectivity index (χ1v) is 9.71. The van der Waals surface area contributed by atoms with E-state index in [-0.39, 0.29) is 6.61 Å². The summed E-state index contributed by atoms with van der Waals surface area (Å²) in [5.74, 6) is 0. The van der Waals surface area contributed by atoms with Crippen LogP contribution in [0.3, 0.4) is 0 Å². The number of nitrogens with zero attached hydrogens (tertiary/aromatic N) is 1. The van der Waals surface area contributed by atoms with Crippen molar-refractivity contribution in [2.75, 3.05) is 6.61 Å². The van der Waals surface area contributed by atoms with Gasteiger partial charge in [-0.1, -0.05) is 42.5 Å². The Labute approximate surface area is 165 Å². The molecule has 1 aromatic heterocycles. The smallest absolute Gasteiger partial charge is 0.416 e. The zero-order valence-corrected chi connectivity index (χ0v) is 15.9. The Kier molecular flexibility index (Phi) is 6.83. The topological polar surface area (TPSA) is 45.0 Å². The third-order valence-electron chi connectivity index (χ3n) is 4.21. The Bertz CT molecular complexity index is 877. The third kappa shape index (κ3) is 5.41. The van der Waals surface area contributed by atoms with Crippen LogP contribution in [0.15, 0.2) is 54.6 Å². The van der Waals surface area contributed by atoms with E-state index in [0.29, 0.717) is 30.2 Å². The summed E-state index contributed by atoms with van der Waals surface area (Å²) >= 11 is 1.37. The van der Waals surface area contributed by atoms with Gasteiger partial charge in [-0.25, -0.2) is 4.98 Å². The van der Waals surface area contributed by atoms with Crippen LogP contribution in [0.4, 0.5) is 13.2 Å². The normalized spacial score (nSPS) is 11.7. The zero-order valence-electron chi connectivity index (χ0n) is 15.1. The number of rotatable bonds is 8. The van der Waals surface area contributed by atoms with Crippen LogP contribution >= 0.6 is 11.3 Å². The summed E-state index contributed by atoms with van der Waals surface area (Å²) < 4.78 is 43.8. The molecule has 3 nitrogen and oxygen atoms in total. The fourth-order valence-corrected chi connectivity index (χ4v) is 3.73. The molecule has 0 fully saturated rings. The Morgan fingerprint density at radius 1 is 1.00 bits per heavy atom. The molecule has 0 bridgehead atoms. The zero-order chi connectivity index (χ0) is 20.0. The lowest BCUT2D eigenvalue weighted by atomic mass is 10.1. The van der Waals surface area contributed by atoms with E-state index in [4.69, 9.17) is 9.84 Å². The minimum absolute atomic E-state index is 0.110. The number of alkyl halides is 3. The van der Waals surface area contributed by atoms with E-state index in [1.165, 1.54) is 23.5 Å². The lowest BCUT2D eigenvalue weighted by molar-refractivity contribution is -0.137. The highest BCUT2D eigenvalue weighted by Gasteiger charge is 2.30. The average molecular weight is 408 g/mol. The van der Waals surface area contributed by atoms with Gasteiger partial charge >= 0.3 is 6.18 Å². The lowest BCUT2D eigenvalue weighted by Crippen LogP contribution is -2.03. The van der Waals surface area contributed by atoms with Crippen LogP contribution in [0.2, 0.25) is 0 Å². The number of hydrogen-bond donors (Lipinski definition) is 0. The molecule has 2 N–H and O–H groups in total. The first-order valence-electron chi connectivity index (χ1n) is 8.90. The number of aryl methyl sites for hydroxylation is 1. The molecular formula is C21H21F3NO2S+. The van der Waals surface area contributed by atoms with E-state index >= 15 is 0 Å². The molecule has 0 aliphatic carbocycles. The van der Waals surface area contributed by atoms with Crippen LogP contribution in [0.5, 0.6) is 0 Å². The maximum atomic E-state index is 12.7. The van der Waals surface area contributed by atoms with Gasteiger partial charge < -0.3 is 9.84 Å². The fraction of sp³-hybridized carbons (Fsp3) is 0.286. The molecule has 3 aromatic rings. The van der Waals surface area contributed by atoms with Crippen LogP contribution in [0, 0.1) is 0 Å². The van der Waals surface area contributed by atoms with E-state index in [0.717, 1.165) is 34.7 Å². The van der Waals surface area contributed by atoms with E-state index in [1.807, 2.05) is 30.3 Å². The van der Waals surface area contributed by atoms with Crippen molar-refractivity contribution >= 4 is 11.3 Å². The Balaban J connectivity index is 1.58. The van der Waals surface area contributed by atoms with Crippen molar-refractivity contribution in [2.24, 2.45) is 0 Å². The SMILES string of the molecule is [OH2+]Cc1sc(-c2ccc(C(F)(F)F)cc2)nc1CCCOCc1ccccc1. The molecule has 0 unspecified atom stereocenters. The molecule has 2 aromatic carbocycles. The maximum absolute atomic E-state index is 12.7. The second kappa shape index (κ2) is 9.32. The predicted molar refractivity (Wildman–Crippen MR) is 104 cm³/mol. The first-order chi connectivity index (χ1) is 13.5. The molecule has 0 aliphatic rings. The lowest BCUT2D eigenvalue weighted by Gasteiger charge is -2.06. The number of thiazole rings is 1. The molecular weight excluding hydrogens is 387 g/mol.